The number of nitrogens with zero attached hydrogens (tertiary/aromatic N) is 1. The van der Waals surface area contributed by atoms with Gasteiger partial charge in [-0.05, 0) is 55.9 Å². The minimum atomic E-state index is -1.21. The second kappa shape index (κ2) is 12.0. The molecule has 0 radical (unpaired) electrons. The number of β-amino-alcohol motifs (C(OH)–C–C–N with tert-alkyl or cyclic N) is 1. The first-order valence-electron chi connectivity index (χ1n) is 11.4. The third kappa shape index (κ3) is 6.81. The normalized spacial score (nSPS) is 31.9. The van der Waals surface area contributed by atoms with Crippen molar-refractivity contribution in [2.45, 2.75) is 62.9 Å². The third-order valence-electron chi connectivity index (χ3n) is 6.41. The number of rotatable bonds is 10. The molecule has 5 atom stereocenters. The van der Waals surface area contributed by atoms with Crippen molar-refractivity contribution in [2.24, 2.45) is 5.92 Å². The maximum Gasteiger partial charge on any atom is 0.109 e. The predicted octanol–water partition coefficient (Wildman–Crippen LogP) is 2.01. The van der Waals surface area contributed by atoms with Crippen LogP contribution in [-0.4, -0.2) is 82.6 Å². The molecular weight excluding hydrogens is 401 g/mol. The summed E-state index contributed by atoms with van der Waals surface area (Å²) in [7, 11) is 0. The number of aliphatic hydroxyl groups excluding tert-OH is 4. The molecular formula is C24H36FNO5. The summed E-state index contributed by atoms with van der Waals surface area (Å²) in [5, 5.41) is 39.1. The van der Waals surface area contributed by atoms with Crippen molar-refractivity contribution >= 4 is 0 Å². The highest BCUT2D eigenvalue weighted by atomic mass is 19.1. The van der Waals surface area contributed by atoms with Gasteiger partial charge in [0.1, 0.15) is 18.0 Å². The molecule has 6 nitrogen and oxygen atoms in total. The molecule has 0 amide bonds. The second-order valence-electron chi connectivity index (χ2n) is 8.72. The molecule has 4 N–H and O–H groups in total. The van der Waals surface area contributed by atoms with Crippen LogP contribution in [0.2, 0.25) is 0 Å². The van der Waals surface area contributed by atoms with Gasteiger partial charge in [-0.3, -0.25) is 4.90 Å². The number of hydrogen-bond donors (Lipinski definition) is 4. The molecule has 1 saturated heterocycles. The van der Waals surface area contributed by atoms with E-state index in [1.54, 1.807) is 6.08 Å². The Morgan fingerprint density at radius 1 is 1.10 bits per heavy atom. The molecule has 3 rings (SSSR count). The molecule has 0 saturated carbocycles. The van der Waals surface area contributed by atoms with Gasteiger partial charge >= 0.3 is 0 Å². The standard InChI is InChI=1S/C24H36FNO5/c25-20-6-4-5-19(13-20)18-9-7-17(8-10-18)16-31-12-3-1-2-11-26-14-22(28)24(30)23(29)21(26)15-27/h5,7-9,13,18,21-24,27-30H,1-4,6,10-12,14-16H2/t18?,21-,22+,23-,24?/m1/s1. The Morgan fingerprint density at radius 2 is 1.94 bits per heavy atom. The van der Waals surface area contributed by atoms with Crippen molar-refractivity contribution < 1.29 is 29.6 Å². The van der Waals surface area contributed by atoms with Crippen molar-refractivity contribution in [3.63, 3.8) is 0 Å². The largest absolute Gasteiger partial charge is 0.395 e. The van der Waals surface area contributed by atoms with Gasteiger partial charge in [-0.1, -0.05) is 24.3 Å². The SMILES string of the molecule is OC[C@@H]1[C@@H](O)C(O)[C@@H](O)CN1CCCCCOCC1=CCC(C2=CCCC(F)=C2)C=C1. The smallest absolute Gasteiger partial charge is 0.109 e. The van der Waals surface area contributed by atoms with E-state index in [9.17, 15) is 24.8 Å². The lowest BCUT2D eigenvalue weighted by molar-refractivity contribution is -0.145. The van der Waals surface area contributed by atoms with Gasteiger partial charge in [-0.2, -0.15) is 0 Å². The molecule has 7 heteroatoms. The average molecular weight is 438 g/mol. The summed E-state index contributed by atoms with van der Waals surface area (Å²) in [5.74, 6) is 0.228. The summed E-state index contributed by atoms with van der Waals surface area (Å²) in [6, 6.07) is -0.542. The lowest BCUT2D eigenvalue weighted by atomic mass is 9.87. The number of likely N-dealkylation sites (tertiary alicyclic amines) is 1. The highest BCUT2D eigenvalue weighted by Gasteiger charge is 2.40. The lowest BCUT2D eigenvalue weighted by Crippen LogP contribution is -2.62. The van der Waals surface area contributed by atoms with Crippen molar-refractivity contribution in [3.05, 3.63) is 47.4 Å². The minimum Gasteiger partial charge on any atom is -0.395 e. The molecule has 1 heterocycles. The Morgan fingerprint density at radius 3 is 2.65 bits per heavy atom. The fourth-order valence-electron chi connectivity index (χ4n) is 4.49. The number of hydrogen-bond acceptors (Lipinski definition) is 6. The van der Waals surface area contributed by atoms with Gasteiger partial charge < -0.3 is 25.2 Å². The molecule has 3 aliphatic rings. The van der Waals surface area contributed by atoms with E-state index >= 15 is 0 Å². The fourth-order valence-corrected chi connectivity index (χ4v) is 4.49. The zero-order chi connectivity index (χ0) is 22.2. The number of unbranched alkanes of at least 4 members (excludes halogenated alkanes) is 2. The molecule has 0 aromatic heterocycles. The lowest BCUT2D eigenvalue weighted by Gasteiger charge is -2.43. The van der Waals surface area contributed by atoms with Crippen LogP contribution in [0.4, 0.5) is 4.39 Å². The topological polar surface area (TPSA) is 93.4 Å². The van der Waals surface area contributed by atoms with Crippen LogP contribution in [0.25, 0.3) is 0 Å². The summed E-state index contributed by atoms with van der Waals surface area (Å²) in [4.78, 5) is 1.85. The van der Waals surface area contributed by atoms with Gasteiger partial charge in [0, 0.05) is 25.5 Å². The maximum absolute atomic E-state index is 13.5. The van der Waals surface area contributed by atoms with E-state index < -0.39 is 24.4 Å². The molecule has 31 heavy (non-hydrogen) atoms. The average Bonchev–Trinajstić information content (AvgIpc) is 2.77. The molecule has 1 aliphatic heterocycles. The van der Waals surface area contributed by atoms with Crippen LogP contribution in [0.1, 0.15) is 38.5 Å². The summed E-state index contributed by atoms with van der Waals surface area (Å²) < 4.78 is 19.2. The van der Waals surface area contributed by atoms with Crippen molar-refractivity contribution in [1.82, 2.24) is 4.90 Å². The van der Waals surface area contributed by atoms with E-state index in [-0.39, 0.29) is 24.9 Å². The predicted molar refractivity (Wildman–Crippen MR) is 117 cm³/mol. The summed E-state index contributed by atoms with van der Waals surface area (Å²) in [6.45, 7) is 1.87. The van der Waals surface area contributed by atoms with Crippen LogP contribution >= 0.6 is 0 Å². The van der Waals surface area contributed by atoms with Crippen LogP contribution in [0.15, 0.2) is 47.4 Å². The highest BCUT2D eigenvalue weighted by Crippen LogP contribution is 2.29. The van der Waals surface area contributed by atoms with Crippen molar-refractivity contribution in [3.8, 4) is 0 Å². The molecule has 0 aromatic carbocycles. The Labute approximate surface area is 184 Å². The zero-order valence-corrected chi connectivity index (χ0v) is 18.1. The first kappa shape index (κ1) is 24.3. The van der Waals surface area contributed by atoms with Crippen molar-refractivity contribution in [1.29, 1.82) is 0 Å². The number of allylic oxidation sites excluding steroid dienone is 6. The molecule has 2 aliphatic carbocycles. The number of halogens is 1. The second-order valence-corrected chi connectivity index (χ2v) is 8.72. The van der Waals surface area contributed by atoms with E-state index in [4.69, 9.17) is 4.74 Å². The van der Waals surface area contributed by atoms with Crippen LogP contribution in [0, 0.1) is 5.92 Å². The Hall–Kier alpha value is -1.35. The van der Waals surface area contributed by atoms with E-state index in [0.717, 1.165) is 43.3 Å². The van der Waals surface area contributed by atoms with Gasteiger partial charge in [0.05, 0.1) is 25.4 Å². The van der Waals surface area contributed by atoms with E-state index in [2.05, 4.69) is 24.3 Å². The van der Waals surface area contributed by atoms with E-state index in [0.29, 0.717) is 26.2 Å². The van der Waals surface area contributed by atoms with Gasteiger partial charge in [0.15, 0.2) is 0 Å². The maximum atomic E-state index is 13.5. The van der Waals surface area contributed by atoms with Gasteiger partial charge in [0.2, 0.25) is 0 Å². The number of ether oxygens (including phenoxy) is 1. The fraction of sp³-hybridized carbons (Fsp3) is 0.667. The molecule has 0 bridgehead atoms. The number of aliphatic hydroxyl groups is 4. The Bertz CT molecular complexity index is 704. The minimum absolute atomic E-state index is 0.0267. The van der Waals surface area contributed by atoms with Gasteiger partial charge in [-0.15, -0.1) is 0 Å². The molecule has 0 spiro atoms. The Kier molecular flexibility index (Phi) is 9.44. The highest BCUT2D eigenvalue weighted by molar-refractivity contribution is 5.35. The van der Waals surface area contributed by atoms with E-state index in [1.165, 1.54) is 0 Å². The zero-order valence-electron chi connectivity index (χ0n) is 18.1. The van der Waals surface area contributed by atoms with Gasteiger partial charge in [0.25, 0.3) is 0 Å². The van der Waals surface area contributed by atoms with Crippen LogP contribution < -0.4 is 0 Å². The molecule has 0 aromatic rings. The number of piperidine rings is 1. The molecule has 2 unspecified atom stereocenters. The summed E-state index contributed by atoms with van der Waals surface area (Å²) in [5.41, 5.74) is 2.22. The third-order valence-corrected chi connectivity index (χ3v) is 6.41. The Balaban J connectivity index is 1.28. The van der Waals surface area contributed by atoms with Crippen molar-refractivity contribution in [2.75, 3.05) is 32.9 Å². The summed E-state index contributed by atoms with van der Waals surface area (Å²) >= 11 is 0. The quantitative estimate of drug-likeness (QED) is 0.391. The van der Waals surface area contributed by atoms with Gasteiger partial charge in [-0.25, -0.2) is 4.39 Å². The molecule has 174 valence electrons. The monoisotopic (exact) mass is 437 g/mol. The first-order chi connectivity index (χ1) is 15.0. The van der Waals surface area contributed by atoms with Crippen LogP contribution in [-0.2, 0) is 4.74 Å². The first-order valence-corrected chi connectivity index (χ1v) is 11.4. The van der Waals surface area contributed by atoms with Crippen LogP contribution in [0.3, 0.4) is 0 Å². The van der Waals surface area contributed by atoms with E-state index in [1.807, 2.05) is 4.90 Å². The summed E-state index contributed by atoms with van der Waals surface area (Å²) in [6.07, 6.45) is 11.7. The molecule has 1 fully saturated rings. The van der Waals surface area contributed by atoms with Crippen LogP contribution in [0.5, 0.6) is 0 Å².